The van der Waals surface area contributed by atoms with E-state index < -0.39 is 0 Å². The van der Waals surface area contributed by atoms with Crippen LogP contribution in [0.5, 0.6) is 0 Å². The van der Waals surface area contributed by atoms with E-state index in [9.17, 15) is 0 Å². The van der Waals surface area contributed by atoms with Gasteiger partial charge in [-0.2, -0.15) is 0 Å². The standard InChI is InChI=1S/C18H28BrN/c1-3-9-20-18(12-15-7-5-4-6-8-15)16-10-14(2)11-17(19)13-16/h10-11,13,15,18,20H,3-9,12H2,1-2H3. The van der Waals surface area contributed by atoms with Crippen LogP contribution in [0, 0.1) is 12.8 Å². The molecule has 0 saturated heterocycles. The second-order valence-corrected chi connectivity index (χ2v) is 7.22. The van der Waals surface area contributed by atoms with E-state index in [1.165, 1.54) is 60.5 Å². The monoisotopic (exact) mass is 337 g/mol. The lowest BCUT2D eigenvalue weighted by molar-refractivity contribution is 0.300. The summed E-state index contributed by atoms with van der Waals surface area (Å²) in [5.41, 5.74) is 2.80. The molecule has 0 spiro atoms. The summed E-state index contributed by atoms with van der Waals surface area (Å²) in [5, 5.41) is 3.77. The molecule has 1 N–H and O–H groups in total. The normalized spacial score (nSPS) is 18.1. The molecule has 1 aliphatic carbocycles. The maximum absolute atomic E-state index is 3.77. The van der Waals surface area contributed by atoms with Gasteiger partial charge in [-0.15, -0.1) is 0 Å². The molecule has 1 fully saturated rings. The third-order valence-electron chi connectivity index (χ3n) is 4.40. The van der Waals surface area contributed by atoms with Gasteiger partial charge in [-0.05, 0) is 55.5 Å². The van der Waals surface area contributed by atoms with Crippen LogP contribution in [0.1, 0.15) is 69.0 Å². The van der Waals surface area contributed by atoms with Crippen LogP contribution in [0.4, 0.5) is 0 Å². The molecule has 1 aromatic carbocycles. The zero-order valence-electron chi connectivity index (χ0n) is 12.9. The molecule has 1 nitrogen and oxygen atoms in total. The summed E-state index contributed by atoms with van der Waals surface area (Å²) >= 11 is 3.65. The fraction of sp³-hybridized carbons (Fsp3) is 0.667. The molecule has 1 atom stereocenters. The molecule has 0 heterocycles. The molecule has 1 aliphatic rings. The second-order valence-electron chi connectivity index (χ2n) is 6.31. The Hall–Kier alpha value is -0.340. The van der Waals surface area contributed by atoms with Gasteiger partial charge in [0.25, 0.3) is 0 Å². The maximum atomic E-state index is 3.77. The third kappa shape index (κ3) is 4.89. The number of benzene rings is 1. The van der Waals surface area contributed by atoms with E-state index in [0.717, 1.165) is 12.5 Å². The maximum Gasteiger partial charge on any atom is 0.0323 e. The largest absolute Gasteiger partial charge is 0.310 e. The molecule has 2 rings (SSSR count). The van der Waals surface area contributed by atoms with Crippen LogP contribution in [0.3, 0.4) is 0 Å². The summed E-state index contributed by atoms with van der Waals surface area (Å²) in [6, 6.07) is 7.36. The highest BCUT2D eigenvalue weighted by atomic mass is 79.9. The number of halogens is 1. The molecule has 0 aliphatic heterocycles. The van der Waals surface area contributed by atoms with Crippen molar-refractivity contribution in [2.45, 2.75) is 64.8 Å². The molecule has 112 valence electrons. The van der Waals surface area contributed by atoms with Gasteiger partial charge in [0, 0.05) is 10.5 Å². The van der Waals surface area contributed by atoms with Crippen molar-refractivity contribution >= 4 is 15.9 Å². The lowest BCUT2D eigenvalue weighted by Gasteiger charge is -2.28. The van der Waals surface area contributed by atoms with Crippen LogP contribution >= 0.6 is 15.9 Å². The van der Waals surface area contributed by atoms with Crippen molar-refractivity contribution in [1.82, 2.24) is 5.32 Å². The molecule has 0 amide bonds. The van der Waals surface area contributed by atoms with Crippen molar-refractivity contribution in [2.24, 2.45) is 5.92 Å². The molecule has 2 heteroatoms. The van der Waals surface area contributed by atoms with Gasteiger partial charge in [0.2, 0.25) is 0 Å². The van der Waals surface area contributed by atoms with Crippen LogP contribution in [0.2, 0.25) is 0 Å². The fourth-order valence-corrected chi connectivity index (χ4v) is 4.00. The average molecular weight is 338 g/mol. The first-order valence-corrected chi connectivity index (χ1v) is 8.99. The van der Waals surface area contributed by atoms with Gasteiger partial charge in [-0.1, -0.05) is 61.0 Å². The number of nitrogens with one attached hydrogen (secondary N) is 1. The van der Waals surface area contributed by atoms with E-state index in [0.29, 0.717) is 6.04 Å². The van der Waals surface area contributed by atoms with Gasteiger partial charge >= 0.3 is 0 Å². The predicted octanol–water partition coefficient (Wildman–Crippen LogP) is 5.77. The van der Waals surface area contributed by atoms with E-state index >= 15 is 0 Å². The van der Waals surface area contributed by atoms with Crippen LogP contribution in [0.15, 0.2) is 22.7 Å². The Morgan fingerprint density at radius 3 is 2.60 bits per heavy atom. The first-order valence-electron chi connectivity index (χ1n) is 8.19. The number of hydrogen-bond acceptors (Lipinski definition) is 1. The Morgan fingerprint density at radius 1 is 1.20 bits per heavy atom. The molecule has 1 saturated carbocycles. The first kappa shape index (κ1) is 16.0. The van der Waals surface area contributed by atoms with Crippen molar-refractivity contribution in [3.63, 3.8) is 0 Å². The molecular formula is C18H28BrN. The fourth-order valence-electron chi connectivity index (χ4n) is 3.38. The minimum Gasteiger partial charge on any atom is -0.310 e. The molecular weight excluding hydrogens is 310 g/mol. The first-order chi connectivity index (χ1) is 9.69. The topological polar surface area (TPSA) is 12.0 Å². The highest BCUT2D eigenvalue weighted by Gasteiger charge is 2.20. The SMILES string of the molecule is CCCNC(CC1CCCCC1)c1cc(C)cc(Br)c1. The van der Waals surface area contributed by atoms with Crippen molar-refractivity contribution in [3.05, 3.63) is 33.8 Å². The smallest absolute Gasteiger partial charge is 0.0323 e. The Morgan fingerprint density at radius 2 is 1.95 bits per heavy atom. The molecule has 20 heavy (non-hydrogen) atoms. The zero-order chi connectivity index (χ0) is 14.4. The van der Waals surface area contributed by atoms with Crippen LogP contribution in [-0.2, 0) is 0 Å². The summed E-state index contributed by atoms with van der Waals surface area (Å²) in [7, 11) is 0. The third-order valence-corrected chi connectivity index (χ3v) is 4.86. The summed E-state index contributed by atoms with van der Waals surface area (Å²) in [6.45, 7) is 5.55. The zero-order valence-corrected chi connectivity index (χ0v) is 14.5. The average Bonchev–Trinajstić information content (AvgIpc) is 2.43. The van der Waals surface area contributed by atoms with Crippen molar-refractivity contribution < 1.29 is 0 Å². The van der Waals surface area contributed by atoms with Gasteiger partial charge < -0.3 is 5.32 Å². The Bertz CT molecular complexity index is 390. The summed E-state index contributed by atoms with van der Waals surface area (Å²) in [6.07, 6.45) is 9.67. The summed E-state index contributed by atoms with van der Waals surface area (Å²) in [4.78, 5) is 0. The molecule has 0 bridgehead atoms. The quantitative estimate of drug-likeness (QED) is 0.694. The van der Waals surface area contributed by atoms with E-state index in [-0.39, 0.29) is 0 Å². The van der Waals surface area contributed by atoms with Gasteiger partial charge in [-0.25, -0.2) is 0 Å². The highest BCUT2D eigenvalue weighted by Crippen LogP contribution is 2.33. The minimum absolute atomic E-state index is 0.522. The number of hydrogen-bond donors (Lipinski definition) is 1. The van der Waals surface area contributed by atoms with Crippen molar-refractivity contribution in [2.75, 3.05) is 6.54 Å². The van der Waals surface area contributed by atoms with E-state index in [2.05, 4.69) is 53.3 Å². The molecule has 0 aromatic heterocycles. The summed E-state index contributed by atoms with van der Waals surface area (Å²) in [5.74, 6) is 0.914. The lowest BCUT2D eigenvalue weighted by Crippen LogP contribution is -2.25. The van der Waals surface area contributed by atoms with Crippen LogP contribution in [0.25, 0.3) is 0 Å². The Kier molecular flexibility index (Phi) is 6.57. The van der Waals surface area contributed by atoms with Gasteiger partial charge in [0.05, 0.1) is 0 Å². The highest BCUT2D eigenvalue weighted by molar-refractivity contribution is 9.10. The Labute approximate surface area is 132 Å². The predicted molar refractivity (Wildman–Crippen MR) is 91.1 cm³/mol. The van der Waals surface area contributed by atoms with Gasteiger partial charge in [-0.3, -0.25) is 0 Å². The van der Waals surface area contributed by atoms with Gasteiger partial charge in [0.15, 0.2) is 0 Å². The van der Waals surface area contributed by atoms with E-state index in [4.69, 9.17) is 0 Å². The lowest BCUT2D eigenvalue weighted by atomic mass is 9.83. The number of rotatable bonds is 6. The molecule has 1 aromatic rings. The Balaban J connectivity index is 2.08. The minimum atomic E-state index is 0.522. The van der Waals surface area contributed by atoms with E-state index in [1.54, 1.807) is 0 Å². The van der Waals surface area contributed by atoms with Gasteiger partial charge in [0.1, 0.15) is 0 Å². The number of aryl methyl sites for hydroxylation is 1. The molecule has 1 unspecified atom stereocenters. The summed E-state index contributed by atoms with van der Waals surface area (Å²) < 4.78 is 1.21. The van der Waals surface area contributed by atoms with E-state index in [1.807, 2.05) is 0 Å². The van der Waals surface area contributed by atoms with Crippen LogP contribution in [-0.4, -0.2) is 6.54 Å². The second kappa shape index (κ2) is 8.19. The van der Waals surface area contributed by atoms with Crippen molar-refractivity contribution in [3.8, 4) is 0 Å². The van der Waals surface area contributed by atoms with Crippen molar-refractivity contribution in [1.29, 1.82) is 0 Å². The molecule has 0 radical (unpaired) electrons. The van der Waals surface area contributed by atoms with Crippen LogP contribution < -0.4 is 5.32 Å².